The van der Waals surface area contributed by atoms with E-state index >= 15 is 0 Å². The number of piperazine rings is 1. The van der Waals surface area contributed by atoms with E-state index in [1.807, 2.05) is 31.3 Å². The van der Waals surface area contributed by atoms with Gasteiger partial charge in [0.05, 0.1) is 11.6 Å². The van der Waals surface area contributed by atoms with Crippen LogP contribution in [-0.4, -0.2) is 73.7 Å². The minimum Gasteiger partial charge on any atom is -0.454 e. The third-order valence-electron chi connectivity index (χ3n) is 5.73. The second-order valence-electron chi connectivity index (χ2n) is 8.00. The number of alkyl halides is 2. The number of carbonyl (C=O) groups is 1. The lowest BCUT2D eigenvalue weighted by Crippen LogP contribution is -2.55. The number of likely N-dealkylation sites (N-methyl/N-ethyl adjacent to an activating group) is 1. The molecule has 2 heterocycles. The van der Waals surface area contributed by atoms with Gasteiger partial charge in [0.1, 0.15) is 30.6 Å². The van der Waals surface area contributed by atoms with Crippen LogP contribution in [0.1, 0.15) is 12.0 Å². The molecule has 2 aliphatic rings. The number of benzene rings is 2. The van der Waals surface area contributed by atoms with Gasteiger partial charge in [-0.15, -0.1) is 0 Å². The quantitative estimate of drug-likeness (QED) is 0.731. The zero-order valence-corrected chi connectivity index (χ0v) is 18.5. The summed E-state index contributed by atoms with van der Waals surface area (Å²) in [6, 6.07) is 11.8. The first kappa shape index (κ1) is 22.5. The van der Waals surface area contributed by atoms with E-state index in [9.17, 15) is 13.6 Å². The van der Waals surface area contributed by atoms with Gasteiger partial charge in [0.2, 0.25) is 5.91 Å². The van der Waals surface area contributed by atoms with Gasteiger partial charge in [-0.2, -0.15) is 0 Å². The Morgan fingerprint density at radius 1 is 1.22 bits per heavy atom. The summed E-state index contributed by atoms with van der Waals surface area (Å²) in [6.07, 6.45) is 0.136. The first-order valence-electron chi connectivity index (χ1n) is 10.5. The molecule has 1 atom stereocenters. The maximum absolute atomic E-state index is 12.8. The van der Waals surface area contributed by atoms with E-state index in [1.165, 1.54) is 0 Å². The van der Waals surface area contributed by atoms with Gasteiger partial charge in [-0.1, -0.05) is 23.7 Å². The lowest BCUT2D eigenvalue weighted by molar-refractivity contribution is -0.123. The number of hydrogen-bond donors (Lipinski definition) is 1. The monoisotopic (exact) mass is 462 g/mol. The molecule has 1 N–H and O–H groups in total. The molecule has 6 nitrogen and oxygen atoms in total. The zero-order valence-electron chi connectivity index (χ0n) is 17.7. The van der Waals surface area contributed by atoms with Crippen molar-refractivity contribution in [3.63, 3.8) is 0 Å². The number of fused-ring (bicyclic) bond motifs is 2. The van der Waals surface area contributed by atoms with Crippen LogP contribution in [0.5, 0.6) is 11.5 Å². The van der Waals surface area contributed by atoms with Crippen LogP contribution in [0.3, 0.4) is 0 Å². The number of amides is 1. The number of nitrogens with one attached hydrogen (secondary N) is 1. The Morgan fingerprint density at radius 3 is 2.78 bits per heavy atom. The molecule has 0 bridgehead atoms. The molecular formula is C23H25ClF2N4O2. The number of hydrogen-bond acceptors (Lipinski definition) is 5. The molecular weight excluding hydrogens is 438 g/mol. The fourth-order valence-electron chi connectivity index (χ4n) is 3.92. The second kappa shape index (κ2) is 9.83. The number of para-hydroxylation sites is 1. The number of ether oxygens (including phenoxy) is 1. The Morgan fingerprint density at radius 2 is 2.00 bits per heavy atom. The number of rotatable bonds is 5. The summed E-state index contributed by atoms with van der Waals surface area (Å²) < 4.78 is 31.7. The maximum atomic E-state index is 12.8. The predicted molar refractivity (Wildman–Crippen MR) is 121 cm³/mol. The molecule has 32 heavy (non-hydrogen) atoms. The molecule has 9 heteroatoms. The Kier molecular flexibility index (Phi) is 6.91. The van der Waals surface area contributed by atoms with Crippen molar-refractivity contribution in [3.8, 4) is 11.5 Å². The van der Waals surface area contributed by atoms with Crippen molar-refractivity contribution >= 4 is 29.0 Å². The normalized spacial score (nSPS) is 18.3. The molecule has 0 spiro atoms. The van der Waals surface area contributed by atoms with E-state index in [0.29, 0.717) is 41.8 Å². The van der Waals surface area contributed by atoms with E-state index in [4.69, 9.17) is 21.3 Å². The van der Waals surface area contributed by atoms with Gasteiger partial charge in [0.25, 0.3) is 0 Å². The van der Waals surface area contributed by atoms with Gasteiger partial charge in [0, 0.05) is 37.1 Å². The topological polar surface area (TPSA) is 57.2 Å². The van der Waals surface area contributed by atoms with Gasteiger partial charge < -0.3 is 15.0 Å². The summed E-state index contributed by atoms with van der Waals surface area (Å²) in [4.78, 5) is 21.5. The third kappa shape index (κ3) is 4.86. The van der Waals surface area contributed by atoms with E-state index < -0.39 is 19.4 Å². The smallest absolute Gasteiger partial charge is 0.222 e. The molecule has 0 aromatic heterocycles. The SMILES string of the molecule is CN1CCN(C2=Nc3cc(Cl)ccc3Oc3ccccc32)C[C@@H]1CC(=O)NC(CF)CF. The minimum absolute atomic E-state index is 0.136. The largest absolute Gasteiger partial charge is 0.454 e. The highest BCUT2D eigenvalue weighted by atomic mass is 35.5. The van der Waals surface area contributed by atoms with Crippen LogP contribution in [0.2, 0.25) is 5.02 Å². The number of nitrogens with zero attached hydrogens (tertiary/aromatic N) is 3. The predicted octanol–water partition coefficient (Wildman–Crippen LogP) is 3.95. The Hall–Kier alpha value is -2.71. The Balaban J connectivity index is 1.60. The first-order chi connectivity index (χ1) is 15.5. The fraction of sp³-hybridized carbons (Fsp3) is 0.391. The summed E-state index contributed by atoms with van der Waals surface area (Å²) in [5.41, 5.74) is 1.48. The number of halogens is 3. The molecule has 0 aliphatic carbocycles. The molecule has 1 fully saturated rings. The van der Waals surface area contributed by atoms with Crippen molar-refractivity contribution in [2.45, 2.75) is 18.5 Å². The Bertz CT molecular complexity index is 1020. The van der Waals surface area contributed by atoms with Crippen LogP contribution < -0.4 is 10.1 Å². The van der Waals surface area contributed by atoms with Gasteiger partial charge in [-0.25, -0.2) is 13.8 Å². The second-order valence-corrected chi connectivity index (χ2v) is 8.44. The van der Waals surface area contributed by atoms with Crippen molar-refractivity contribution in [2.24, 2.45) is 4.99 Å². The first-order valence-corrected chi connectivity index (χ1v) is 10.9. The highest BCUT2D eigenvalue weighted by Gasteiger charge is 2.31. The van der Waals surface area contributed by atoms with E-state index in [2.05, 4.69) is 15.1 Å². The molecule has 0 unspecified atom stereocenters. The highest BCUT2D eigenvalue weighted by molar-refractivity contribution is 6.31. The molecule has 1 amide bonds. The van der Waals surface area contributed by atoms with Crippen molar-refractivity contribution in [3.05, 3.63) is 53.1 Å². The average molecular weight is 463 g/mol. The fourth-order valence-corrected chi connectivity index (χ4v) is 4.08. The number of amidine groups is 1. The summed E-state index contributed by atoms with van der Waals surface area (Å²) in [7, 11) is 1.94. The van der Waals surface area contributed by atoms with Gasteiger partial charge in [0.15, 0.2) is 5.75 Å². The molecule has 0 saturated carbocycles. The Labute approximate surface area is 190 Å². The number of carbonyl (C=O) groups excluding carboxylic acids is 1. The van der Waals surface area contributed by atoms with Crippen LogP contribution in [0, 0.1) is 0 Å². The van der Waals surface area contributed by atoms with Crippen LogP contribution in [-0.2, 0) is 4.79 Å². The molecule has 2 aromatic rings. The molecule has 2 aromatic carbocycles. The minimum atomic E-state index is -1.09. The summed E-state index contributed by atoms with van der Waals surface area (Å²) in [6.45, 7) is 0.0884. The third-order valence-corrected chi connectivity index (χ3v) is 5.97. The van der Waals surface area contributed by atoms with Crippen molar-refractivity contribution in [1.29, 1.82) is 0 Å². The van der Waals surface area contributed by atoms with Crippen LogP contribution >= 0.6 is 11.6 Å². The van der Waals surface area contributed by atoms with E-state index in [0.717, 1.165) is 11.4 Å². The molecule has 170 valence electrons. The summed E-state index contributed by atoms with van der Waals surface area (Å²) in [5, 5.41) is 2.98. The summed E-state index contributed by atoms with van der Waals surface area (Å²) in [5.74, 6) is 1.68. The zero-order chi connectivity index (χ0) is 22.7. The average Bonchev–Trinajstić information content (AvgIpc) is 2.95. The van der Waals surface area contributed by atoms with Gasteiger partial charge >= 0.3 is 0 Å². The standard InChI is InChI=1S/C23H25ClF2N4O2/c1-29-8-9-30(14-17(29)11-22(31)27-16(12-25)13-26)23-18-4-2-3-5-20(18)32-21-7-6-15(24)10-19(21)28-23/h2-7,10,16-17H,8-9,11-14H2,1H3,(H,27,31)/t17-/m0/s1. The van der Waals surface area contributed by atoms with Crippen LogP contribution in [0.4, 0.5) is 14.5 Å². The molecule has 0 radical (unpaired) electrons. The van der Waals surface area contributed by atoms with Crippen LogP contribution in [0.15, 0.2) is 47.5 Å². The molecule has 2 aliphatic heterocycles. The number of aliphatic imine (C=N–C) groups is 1. The van der Waals surface area contributed by atoms with Gasteiger partial charge in [-0.3, -0.25) is 9.69 Å². The lowest BCUT2D eigenvalue weighted by atomic mass is 10.1. The molecule has 4 rings (SSSR count). The summed E-state index contributed by atoms with van der Waals surface area (Å²) >= 11 is 6.20. The van der Waals surface area contributed by atoms with Gasteiger partial charge in [-0.05, 0) is 37.4 Å². The highest BCUT2D eigenvalue weighted by Crippen LogP contribution is 2.39. The van der Waals surface area contributed by atoms with Crippen LogP contribution in [0.25, 0.3) is 0 Å². The van der Waals surface area contributed by atoms with E-state index in [1.54, 1.807) is 18.2 Å². The van der Waals surface area contributed by atoms with Crippen molar-refractivity contribution < 1.29 is 18.3 Å². The lowest BCUT2D eigenvalue weighted by Gasteiger charge is -2.40. The van der Waals surface area contributed by atoms with E-state index in [-0.39, 0.29) is 18.4 Å². The molecule has 1 saturated heterocycles. The maximum Gasteiger partial charge on any atom is 0.222 e. The van der Waals surface area contributed by atoms with Crippen molar-refractivity contribution in [2.75, 3.05) is 40.0 Å². The van der Waals surface area contributed by atoms with Crippen molar-refractivity contribution in [1.82, 2.24) is 15.1 Å².